The van der Waals surface area contributed by atoms with E-state index in [-0.39, 0.29) is 27.7 Å². The van der Waals surface area contributed by atoms with Gasteiger partial charge in [-0.3, -0.25) is 0 Å². The van der Waals surface area contributed by atoms with Gasteiger partial charge in [-0.05, 0) is 81.1 Å². The van der Waals surface area contributed by atoms with E-state index in [1.807, 2.05) is 4.90 Å². The minimum Gasteiger partial charge on any atom is -0.329 e. The Labute approximate surface area is 324 Å². The van der Waals surface area contributed by atoms with Gasteiger partial charge < -0.3 is 4.90 Å². The quantitative estimate of drug-likeness (QED) is 0.0824. The summed E-state index contributed by atoms with van der Waals surface area (Å²) >= 11 is 0. The Morgan fingerprint density at radius 2 is 0.569 bits per heavy atom. The Kier molecular flexibility index (Phi) is 13.8. The maximum atomic E-state index is 16.0. The zero-order valence-corrected chi connectivity index (χ0v) is 32.4. The summed E-state index contributed by atoms with van der Waals surface area (Å²) in [6.45, 7) is 10.4. The summed E-state index contributed by atoms with van der Waals surface area (Å²) in [5, 5.41) is 0. The molecule has 0 saturated heterocycles. The lowest BCUT2D eigenvalue weighted by Gasteiger charge is -2.45. The van der Waals surface area contributed by atoms with Crippen LogP contribution in [0.25, 0.3) is 0 Å². The van der Waals surface area contributed by atoms with Crippen molar-refractivity contribution in [1.29, 1.82) is 0 Å². The first-order chi connectivity index (χ1) is 26.8. The van der Waals surface area contributed by atoms with Crippen molar-refractivity contribution in [2.24, 2.45) is 0 Å². The molecule has 1 aliphatic rings. The minimum atomic E-state index is -6.26. The molecular weight excluding hydrogens is 809 g/mol. The van der Waals surface area contributed by atoms with Crippen molar-refractivity contribution < 1.29 is 75.1 Å². The number of quaternary nitrogens is 1. The molecular formula is C40H38BF16N. The van der Waals surface area contributed by atoms with Gasteiger partial charge in [-0.15, -0.1) is 21.9 Å². The van der Waals surface area contributed by atoms with Gasteiger partial charge in [0, 0.05) is 22.3 Å². The first kappa shape index (κ1) is 46.5. The van der Waals surface area contributed by atoms with E-state index >= 15 is 35.1 Å². The highest BCUT2D eigenvalue weighted by atomic mass is 19.2. The second kappa shape index (κ2) is 17.2. The van der Waals surface area contributed by atoms with Gasteiger partial charge in [0.15, 0.2) is 46.5 Å². The number of halogens is 16. The van der Waals surface area contributed by atoms with Gasteiger partial charge >= 0.3 is 0 Å². The van der Waals surface area contributed by atoms with Crippen LogP contribution < -0.4 is 26.8 Å². The van der Waals surface area contributed by atoms with Crippen LogP contribution in [0.2, 0.25) is 0 Å². The molecule has 0 unspecified atom stereocenters. The Morgan fingerprint density at radius 3 is 0.776 bits per heavy atom. The van der Waals surface area contributed by atoms with E-state index in [4.69, 9.17) is 0 Å². The van der Waals surface area contributed by atoms with Crippen LogP contribution in [0, 0.1) is 121 Å². The second-order valence-electron chi connectivity index (χ2n) is 15.2. The van der Waals surface area contributed by atoms with Crippen LogP contribution in [0.5, 0.6) is 0 Å². The SMILES string of the molecule is CC(C)[NH+](C(C)C)C1CCCCC1.Cc1c(F)c(F)c(F)c([B-](c2c(F)c(C)c(F)c(F)c2F)(c2c(F)c(C)c(F)c(F)c2F)c2c(F)c(C)c(F)c(F)c2F)c1F. The van der Waals surface area contributed by atoms with Crippen LogP contribution in [-0.2, 0) is 0 Å². The number of nitrogens with one attached hydrogen (secondary N) is 1. The molecule has 4 aromatic rings. The van der Waals surface area contributed by atoms with Gasteiger partial charge in [0.1, 0.15) is 29.4 Å². The topological polar surface area (TPSA) is 4.44 Å². The molecule has 0 radical (unpaired) electrons. The van der Waals surface area contributed by atoms with E-state index in [0.29, 0.717) is 0 Å². The molecule has 18 heteroatoms. The summed E-state index contributed by atoms with van der Waals surface area (Å²) in [6.07, 6.45) is 1.07. The van der Waals surface area contributed by atoms with E-state index in [2.05, 4.69) is 27.7 Å². The Morgan fingerprint density at radius 1 is 0.345 bits per heavy atom. The molecule has 0 bridgehead atoms. The molecule has 318 valence electrons. The lowest BCUT2D eigenvalue weighted by atomic mass is 9.12. The highest BCUT2D eigenvalue weighted by Gasteiger charge is 2.51. The number of rotatable bonds is 7. The summed E-state index contributed by atoms with van der Waals surface area (Å²) in [7, 11) is 0. The lowest BCUT2D eigenvalue weighted by molar-refractivity contribution is -0.967. The molecule has 58 heavy (non-hydrogen) atoms. The van der Waals surface area contributed by atoms with Crippen molar-refractivity contribution in [3.8, 4) is 0 Å². The third kappa shape index (κ3) is 7.24. The molecule has 1 saturated carbocycles. The van der Waals surface area contributed by atoms with Gasteiger partial charge in [-0.2, -0.15) is 0 Å². The molecule has 1 nitrogen and oxygen atoms in total. The molecule has 1 aliphatic carbocycles. The van der Waals surface area contributed by atoms with Crippen molar-refractivity contribution in [3.05, 3.63) is 115 Å². The number of hydrogen-bond acceptors (Lipinski definition) is 0. The molecule has 1 fully saturated rings. The average Bonchev–Trinajstić information content (AvgIpc) is 3.18. The Bertz CT molecular complexity index is 1860. The van der Waals surface area contributed by atoms with Crippen molar-refractivity contribution in [3.63, 3.8) is 0 Å². The van der Waals surface area contributed by atoms with Gasteiger partial charge in [-0.25, -0.2) is 70.2 Å². The van der Waals surface area contributed by atoms with Crippen LogP contribution >= 0.6 is 0 Å². The average molecular weight is 848 g/mol. The van der Waals surface area contributed by atoms with Gasteiger partial charge in [0.2, 0.25) is 0 Å². The smallest absolute Gasteiger partial charge is 0.191 e. The van der Waals surface area contributed by atoms with E-state index in [9.17, 15) is 35.1 Å². The Hall–Kier alpha value is -4.22. The summed E-state index contributed by atoms with van der Waals surface area (Å²) < 4.78 is 245. The number of benzene rings is 4. The molecule has 4 aromatic carbocycles. The largest absolute Gasteiger partial charge is 0.329 e. The maximum absolute atomic E-state index is 16.0. The lowest BCUT2D eigenvalue weighted by Crippen LogP contribution is -3.21. The van der Waals surface area contributed by atoms with Gasteiger partial charge in [0.25, 0.3) is 0 Å². The Balaban J connectivity index is 0.000000486. The van der Waals surface area contributed by atoms with Crippen LogP contribution in [0.3, 0.4) is 0 Å². The maximum Gasteiger partial charge on any atom is 0.191 e. The van der Waals surface area contributed by atoms with E-state index in [0.717, 1.165) is 18.1 Å². The zero-order valence-electron chi connectivity index (χ0n) is 32.4. The third-order valence-electron chi connectivity index (χ3n) is 11.2. The van der Waals surface area contributed by atoms with E-state index in [1.54, 1.807) is 0 Å². The molecule has 0 spiro atoms. The highest BCUT2D eigenvalue weighted by molar-refractivity contribution is 7.20. The fraction of sp³-hybridized carbons (Fsp3) is 0.400. The number of hydrogen-bond donors (Lipinski definition) is 1. The first-order valence-electron chi connectivity index (χ1n) is 18.2. The standard InChI is InChI=1S/C28H12BF16.C12H25N/c1-5-13(30)9(21(38)25(42)17(5)34)29(10-14(31)6(2)18(35)26(43)22(10)39,11-15(32)7(3)19(36)27(44)23(11)40)12-16(33)8(4)20(37)28(45)24(12)41;1-10(2)13(11(3)4)12-8-6-5-7-9-12/h1-4H3;10-12H,5-9H2,1-4H3/q-1;/p+1. The minimum absolute atomic E-state index is 0.243. The second-order valence-corrected chi connectivity index (χ2v) is 15.2. The third-order valence-corrected chi connectivity index (χ3v) is 11.2. The van der Waals surface area contributed by atoms with Crippen LogP contribution in [0.1, 0.15) is 82.1 Å². The van der Waals surface area contributed by atoms with Crippen LogP contribution in [-0.4, -0.2) is 24.3 Å². The predicted molar refractivity (Wildman–Crippen MR) is 186 cm³/mol. The fourth-order valence-electron chi connectivity index (χ4n) is 8.53. The van der Waals surface area contributed by atoms with Gasteiger partial charge in [-0.1, -0.05) is 6.42 Å². The summed E-state index contributed by atoms with van der Waals surface area (Å²) in [6, 6.07) is 2.54. The van der Waals surface area contributed by atoms with Gasteiger partial charge in [0.05, 0.1) is 41.4 Å². The van der Waals surface area contributed by atoms with Crippen LogP contribution in [0.4, 0.5) is 70.2 Å². The van der Waals surface area contributed by atoms with E-state index < -0.39 is 143 Å². The zero-order chi connectivity index (χ0) is 44.2. The summed E-state index contributed by atoms with van der Waals surface area (Å²) in [4.78, 5) is 1.83. The molecule has 0 heterocycles. The monoisotopic (exact) mass is 847 g/mol. The van der Waals surface area contributed by atoms with E-state index in [1.165, 1.54) is 32.1 Å². The van der Waals surface area contributed by atoms with Crippen molar-refractivity contribution in [1.82, 2.24) is 0 Å². The van der Waals surface area contributed by atoms with Crippen molar-refractivity contribution in [2.45, 2.75) is 106 Å². The van der Waals surface area contributed by atoms with Crippen molar-refractivity contribution in [2.75, 3.05) is 0 Å². The molecule has 1 N–H and O–H groups in total. The molecule has 0 aromatic heterocycles. The molecule has 0 atom stereocenters. The van der Waals surface area contributed by atoms with Crippen LogP contribution in [0.15, 0.2) is 0 Å². The molecule has 0 amide bonds. The highest BCUT2D eigenvalue weighted by Crippen LogP contribution is 2.31. The van der Waals surface area contributed by atoms with Crippen molar-refractivity contribution >= 4 is 28.0 Å². The fourth-order valence-corrected chi connectivity index (χ4v) is 8.53. The molecule has 0 aliphatic heterocycles. The predicted octanol–water partition coefficient (Wildman–Crippen LogP) is 8.54. The first-order valence-corrected chi connectivity index (χ1v) is 18.2. The summed E-state index contributed by atoms with van der Waals surface area (Å²) in [5.41, 5.74) is -17.8. The molecule has 5 rings (SSSR count). The normalized spacial score (nSPS) is 13.9. The summed E-state index contributed by atoms with van der Waals surface area (Å²) in [5.74, 6) is -44.5.